The highest BCUT2D eigenvalue weighted by Crippen LogP contribution is 2.38. The zero-order valence-electron chi connectivity index (χ0n) is 10.4. The molecule has 0 fully saturated rings. The van der Waals surface area contributed by atoms with Gasteiger partial charge in [0.2, 0.25) is 0 Å². The summed E-state index contributed by atoms with van der Waals surface area (Å²) in [5, 5.41) is 19.9. The van der Waals surface area contributed by atoms with E-state index in [1.54, 1.807) is 24.4 Å². The molecule has 1 aromatic heterocycles. The van der Waals surface area contributed by atoms with Crippen molar-refractivity contribution in [2.24, 2.45) is 5.92 Å². The molecule has 1 aliphatic rings. The molecule has 2 aromatic rings. The number of aromatic nitrogens is 1. The van der Waals surface area contributed by atoms with E-state index in [0.29, 0.717) is 24.3 Å². The number of fused-ring (bicyclic) bond motifs is 1. The van der Waals surface area contributed by atoms with Gasteiger partial charge < -0.3 is 14.9 Å². The number of benzene rings is 1. The largest absolute Gasteiger partial charge is 0.508 e. The van der Waals surface area contributed by atoms with Crippen LogP contribution in [0, 0.1) is 5.92 Å². The molecule has 3 rings (SSSR count). The van der Waals surface area contributed by atoms with Crippen molar-refractivity contribution < 1.29 is 14.9 Å². The smallest absolute Gasteiger partial charge is 0.125 e. The number of phenols is 1. The number of ether oxygens (including phenoxy) is 1. The first kappa shape index (κ1) is 12.0. The lowest BCUT2D eigenvalue weighted by molar-refractivity contribution is 0.0500. The number of aromatic hydroxyl groups is 1. The van der Waals surface area contributed by atoms with Gasteiger partial charge in [-0.15, -0.1) is 0 Å². The Morgan fingerprint density at radius 1 is 1.26 bits per heavy atom. The molecular formula is C15H15NO3. The van der Waals surface area contributed by atoms with Gasteiger partial charge in [0.05, 0.1) is 12.7 Å². The van der Waals surface area contributed by atoms with Crippen LogP contribution in [0.5, 0.6) is 11.5 Å². The molecule has 98 valence electrons. The van der Waals surface area contributed by atoms with Crippen molar-refractivity contribution in [1.82, 2.24) is 4.98 Å². The monoisotopic (exact) mass is 257 g/mol. The minimum atomic E-state index is -0.641. The lowest BCUT2D eigenvalue weighted by atomic mass is 9.89. The molecule has 0 radical (unpaired) electrons. The van der Waals surface area contributed by atoms with Crippen LogP contribution in [0.1, 0.15) is 17.4 Å². The van der Waals surface area contributed by atoms with E-state index in [-0.39, 0.29) is 11.7 Å². The molecule has 0 unspecified atom stereocenters. The molecule has 2 N–H and O–H groups in total. The topological polar surface area (TPSA) is 62.6 Å². The van der Waals surface area contributed by atoms with Gasteiger partial charge in [-0.1, -0.05) is 6.07 Å². The van der Waals surface area contributed by atoms with Crippen LogP contribution in [-0.2, 0) is 6.42 Å². The third kappa shape index (κ3) is 2.39. The van der Waals surface area contributed by atoms with Gasteiger partial charge in [0.25, 0.3) is 0 Å². The molecule has 19 heavy (non-hydrogen) atoms. The normalized spacial score (nSPS) is 21.5. The molecule has 2 heterocycles. The van der Waals surface area contributed by atoms with Crippen LogP contribution < -0.4 is 4.74 Å². The summed E-state index contributed by atoms with van der Waals surface area (Å²) in [7, 11) is 0. The van der Waals surface area contributed by atoms with E-state index in [0.717, 1.165) is 5.69 Å². The second-order valence-corrected chi connectivity index (χ2v) is 4.76. The van der Waals surface area contributed by atoms with Gasteiger partial charge >= 0.3 is 0 Å². The first-order chi connectivity index (χ1) is 9.24. The van der Waals surface area contributed by atoms with Gasteiger partial charge in [-0.05, 0) is 36.8 Å². The van der Waals surface area contributed by atoms with Crippen LogP contribution in [0.3, 0.4) is 0 Å². The number of pyridine rings is 1. The fraction of sp³-hybridized carbons (Fsp3) is 0.267. The molecule has 0 bridgehead atoms. The SMILES string of the molecule is Oc1ccc2c(c1)[C@H](O)[C@@H](Cc1ccccn1)CO2. The summed E-state index contributed by atoms with van der Waals surface area (Å²) in [6.45, 7) is 0.454. The molecule has 2 atom stereocenters. The molecule has 0 aliphatic carbocycles. The Bertz CT molecular complexity index is 571. The minimum Gasteiger partial charge on any atom is -0.508 e. The predicted octanol–water partition coefficient (Wildman–Crippen LogP) is 2.07. The number of aliphatic hydroxyl groups is 1. The summed E-state index contributed by atoms with van der Waals surface area (Å²) in [5.74, 6) is 0.728. The molecule has 4 nitrogen and oxygen atoms in total. The van der Waals surface area contributed by atoms with E-state index < -0.39 is 6.10 Å². The zero-order chi connectivity index (χ0) is 13.2. The number of hydrogen-bond acceptors (Lipinski definition) is 4. The molecule has 0 amide bonds. The van der Waals surface area contributed by atoms with Crippen molar-refractivity contribution in [2.45, 2.75) is 12.5 Å². The van der Waals surface area contributed by atoms with Crippen molar-refractivity contribution in [2.75, 3.05) is 6.61 Å². The van der Waals surface area contributed by atoms with Gasteiger partial charge in [-0.3, -0.25) is 4.98 Å². The Balaban J connectivity index is 1.83. The van der Waals surface area contributed by atoms with Gasteiger partial charge in [0.15, 0.2) is 0 Å². The number of rotatable bonds is 2. The van der Waals surface area contributed by atoms with Gasteiger partial charge in [0, 0.05) is 23.4 Å². The maximum atomic E-state index is 10.4. The van der Waals surface area contributed by atoms with Crippen molar-refractivity contribution in [3.05, 3.63) is 53.9 Å². The average Bonchev–Trinajstić information content (AvgIpc) is 2.44. The average molecular weight is 257 g/mol. The fourth-order valence-corrected chi connectivity index (χ4v) is 2.40. The van der Waals surface area contributed by atoms with Crippen molar-refractivity contribution in [3.8, 4) is 11.5 Å². The van der Waals surface area contributed by atoms with E-state index in [4.69, 9.17) is 4.74 Å². The Morgan fingerprint density at radius 2 is 2.16 bits per heavy atom. The summed E-state index contributed by atoms with van der Waals surface area (Å²) in [4.78, 5) is 4.26. The van der Waals surface area contributed by atoms with Gasteiger partial charge in [-0.2, -0.15) is 0 Å². The number of aliphatic hydroxyl groups excluding tert-OH is 1. The lowest BCUT2D eigenvalue weighted by Crippen LogP contribution is -2.27. The van der Waals surface area contributed by atoms with E-state index >= 15 is 0 Å². The summed E-state index contributed by atoms with van der Waals surface area (Å²) in [6, 6.07) is 10.5. The van der Waals surface area contributed by atoms with Crippen LogP contribution in [0.25, 0.3) is 0 Å². The molecular weight excluding hydrogens is 242 g/mol. The van der Waals surface area contributed by atoms with Crippen LogP contribution in [0.2, 0.25) is 0 Å². The number of hydrogen-bond donors (Lipinski definition) is 2. The molecule has 0 saturated heterocycles. The Hall–Kier alpha value is -2.07. The lowest BCUT2D eigenvalue weighted by Gasteiger charge is -2.30. The first-order valence-electron chi connectivity index (χ1n) is 6.28. The molecule has 0 spiro atoms. The maximum Gasteiger partial charge on any atom is 0.125 e. The van der Waals surface area contributed by atoms with Crippen LogP contribution >= 0.6 is 0 Å². The second kappa shape index (κ2) is 4.90. The predicted molar refractivity (Wildman–Crippen MR) is 70.0 cm³/mol. The first-order valence-corrected chi connectivity index (χ1v) is 6.28. The maximum absolute atomic E-state index is 10.4. The Labute approximate surface area is 111 Å². The van der Waals surface area contributed by atoms with Crippen LogP contribution in [-0.4, -0.2) is 21.8 Å². The number of phenolic OH excluding ortho intramolecular Hbond substituents is 1. The van der Waals surface area contributed by atoms with Gasteiger partial charge in [-0.25, -0.2) is 0 Å². The Morgan fingerprint density at radius 3 is 2.95 bits per heavy atom. The quantitative estimate of drug-likeness (QED) is 0.864. The van der Waals surface area contributed by atoms with E-state index in [2.05, 4.69) is 4.98 Å². The molecule has 1 aromatic carbocycles. The zero-order valence-corrected chi connectivity index (χ0v) is 10.4. The van der Waals surface area contributed by atoms with Crippen molar-refractivity contribution in [1.29, 1.82) is 0 Å². The molecule has 4 heteroatoms. The second-order valence-electron chi connectivity index (χ2n) is 4.76. The molecule has 1 aliphatic heterocycles. The highest BCUT2D eigenvalue weighted by Gasteiger charge is 2.30. The van der Waals surface area contributed by atoms with Crippen LogP contribution in [0.4, 0.5) is 0 Å². The third-order valence-corrected chi connectivity index (χ3v) is 3.41. The third-order valence-electron chi connectivity index (χ3n) is 3.41. The minimum absolute atomic E-state index is 0.0517. The van der Waals surface area contributed by atoms with Gasteiger partial charge in [0.1, 0.15) is 11.5 Å². The van der Waals surface area contributed by atoms with Crippen molar-refractivity contribution in [3.63, 3.8) is 0 Å². The fourth-order valence-electron chi connectivity index (χ4n) is 2.40. The highest BCUT2D eigenvalue weighted by molar-refractivity contribution is 5.42. The molecule has 0 saturated carbocycles. The summed E-state index contributed by atoms with van der Waals surface area (Å²) < 4.78 is 5.63. The van der Waals surface area contributed by atoms with E-state index in [1.165, 1.54) is 0 Å². The van der Waals surface area contributed by atoms with E-state index in [1.807, 2.05) is 18.2 Å². The van der Waals surface area contributed by atoms with E-state index in [9.17, 15) is 10.2 Å². The summed E-state index contributed by atoms with van der Waals surface area (Å²) in [6.07, 6.45) is 1.75. The summed E-state index contributed by atoms with van der Waals surface area (Å²) >= 11 is 0. The standard InChI is InChI=1S/C15H15NO3/c17-12-4-5-14-13(8-12)15(18)10(9-19-14)7-11-3-1-2-6-16-11/h1-6,8,10,15,17-18H,7,9H2/t10-,15+/m0/s1. The van der Waals surface area contributed by atoms with Crippen LogP contribution in [0.15, 0.2) is 42.6 Å². The highest BCUT2D eigenvalue weighted by atomic mass is 16.5. The Kier molecular flexibility index (Phi) is 3.09. The van der Waals surface area contributed by atoms with Crippen molar-refractivity contribution >= 4 is 0 Å². The summed E-state index contributed by atoms with van der Waals surface area (Å²) in [5.41, 5.74) is 1.57. The number of nitrogens with zero attached hydrogens (tertiary/aromatic N) is 1.